The molecule has 0 unspecified atom stereocenters. The number of hydrogen-bond acceptors (Lipinski definition) is 4. The summed E-state index contributed by atoms with van der Waals surface area (Å²) in [6, 6.07) is 17.8. The van der Waals surface area contributed by atoms with Crippen LogP contribution in [-0.4, -0.2) is 22.4 Å². The van der Waals surface area contributed by atoms with Crippen LogP contribution in [0.25, 0.3) is 0 Å². The number of phenolic OH excluding ortho intramolecular Hbond substituents is 3. The van der Waals surface area contributed by atoms with E-state index >= 15 is 0 Å². The fraction of sp³-hybridized carbons (Fsp3) is 0.182. The van der Waals surface area contributed by atoms with Crippen LogP contribution in [0.1, 0.15) is 22.3 Å². The smallest absolute Gasteiger partial charge is 0.123 e. The largest absolute Gasteiger partial charge is 0.508 e. The van der Waals surface area contributed by atoms with Crippen molar-refractivity contribution in [1.82, 2.24) is 0 Å². The van der Waals surface area contributed by atoms with Gasteiger partial charge in [0.25, 0.3) is 0 Å². The molecule has 0 aliphatic heterocycles. The van der Waals surface area contributed by atoms with Crippen molar-refractivity contribution in [2.75, 3.05) is 7.11 Å². The summed E-state index contributed by atoms with van der Waals surface area (Å²) in [5, 5.41) is 29.9. The van der Waals surface area contributed by atoms with Crippen molar-refractivity contribution < 1.29 is 20.1 Å². The lowest BCUT2D eigenvalue weighted by Gasteiger charge is -2.14. The fourth-order valence-corrected chi connectivity index (χ4v) is 3.04. The molecule has 0 saturated heterocycles. The molecular formula is C22H22O4. The van der Waals surface area contributed by atoms with Gasteiger partial charge in [-0.1, -0.05) is 30.3 Å². The summed E-state index contributed by atoms with van der Waals surface area (Å²) in [6.07, 6.45) is 1.86. The van der Waals surface area contributed by atoms with Crippen LogP contribution in [0, 0.1) is 0 Å². The van der Waals surface area contributed by atoms with Gasteiger partial charge in [0.2, 0.25) is 0 Å². The van der Waals surface area contributed by atoms with Crippen LogP contribution in [0.3, 0.4) is 0 Å². The van der Waals surface area contributed by atoms with E-state index in [1.54, 1.807) is 37.4 Å². The van der Waals surface area contributed by atoms with Crippen molar-refractivity contribution in [2.45, 2.75) is 19.3 Å². The molecule has 0 aromatic heterocycles. The van der Waals surface area contributed by atoms with Crippen LogP contribution in [0.4, 0.5) is 0 Å². The van der Waals surface area contributed by atoms with Crippen LogP contribution in [-0.2, 0) is 19.3 Å². The first-order valence-corrected chi connectivity index (χ1v) is 8.50. The molecule has 26 heavy (non-hydrogen) atoms. The molecule has 0 aliphatic rings. The van der Waals surface area contributed by atoms with Gasteiger partial charge in [-0.05, 0) is 53.8 Å². The fourth-order valence-electron chi connectivity index (χ4n) is 3.04. The number of rotatable bonds is 6. The zero-order valence-corrected chi connectivity index (χ0v) is 14.6. The quantitative estimate of drug-likeness (QED) is 0.623. The van der Waals surface area contributed by atoms with Crippen molar-refractivity contribution in [1.29, 1.82) is 0 Å². The van der Waals surface area contributed by atoms with Crippen molar-refractivity contribution in [2.24, 2.45) is 0 Å². The number of ether oxygens (including phenoxy) is 1. The van der Waals surface area contributed by atoms with Crippen molar-refractivity contribution >= 4 is 0 Å². The Kier molecular flexibility index (Phi) is 5.32. The maximum Gasteiger partial charge on any atom is 0.123 e. The van der Waals surface area contributed by atoms with Crippen LogP contribution in [0.15, 0.2) is 60.7 Å². The topological polar surface area (TPSA) is 69.9 Å². The highest BCUT2D eigenvalue weighted by Crippen LogP contribution is 2.31. The zero-order chi connectivity index (χ0) is 18.5. The summed E-state index contributed by atoms with van der Waals surface area (Å²) < 4.78 is 5.29. The average molecular weight is 350 g/mol. The third-order valence-corrected chi connectivity index (χ3v) is 4.50. The lowest BCUT2D eigenvalue weighted by Crippen LogP contribution is -2.01. The van der Waals surface area contributed by atoms with Gasteiger partial charge in [0, 0.05) is 18.1 Å². The maximum absolute atomic E-state index is 10.5. The molecule has 0 radical (unpaired) electrons. The second-order valence-corrected chi connectivity index (χ2v) is 6.26. The Hall–Kier alpha value is -3.14. The summed E-state index contributed by atoms with van der Waals surface area (Å²) in [7, 11) is 1.57. The van der Waals surface area contributed by atoms with Gasteiger partial charge >= 0.3 is 0 Å². The lowest BCUT2D eigenvalue weighted by molar-refractivity contribution is 0.405. The Bertz CT molecular complexity index is 885. The first-order chi connectivity index (χ1) is 12.6. The summed E-state index contributed by atoms with van der Waals surface area (Å²) in [5.41, 5.74) is 3.66. The van der Waals surface area contributed by atoms with Crippen LogP contribution in [0.5, 0.6) is 23.0 Å². The van der Waals surface area contributed by atoms with E-state index in [1.165, 1.54) is 0 Å². The highest BCUT2D eigenvalue weighted by molar-refractivity contribution is 5.49. The standard InChI is InChI=1S/C22H22O4/c1-26-19-13-17(9-8-16-4-2-3-5-21(16)24)20(22(25)14-19)12-15-6-10-18(23)11-7-15/h2-7,10-11,13-14,23-25H,8-9,12H2,1H3. The minimum absolute atomic E-state index is 0.185. The van der Waals surface area contributed by atoms with E-state index in [-0.39, 0.29) is 17.2 Å². The van der Waals surface area contributed by atoms with E-state index in [0.29, 0.717) is 25.0 Å². The molecule has 0 bridgehead atoms. The molecule has 0 amide bonds. The monoisotopic (exact) mass is 350 g/mol. The Morgan fingerprint density at radius 3 is 2.15 bits per heavy atom. The van der Waals surface area contributed by atoms with E-state index in [2.05, 4.69) is 0 Å². The summed E-state index contributed by atoms with van der Waals surface area (Å²) in [4.78, 5) is 0. The molecule has 3 rings (SSSR count). The zero-order valence-electron chi connectivity index (χ0n) is 14.6. The van der Waals surface area contributed by atoms with Gasteiger partial charge in [-0.3, -0.25) is 0 Å². The van der Waals surface area contributed by atoms with Gasteiger partial charge < -0.3 is 20.1 Å². The molecule has 3 N–H and O–H groups in total. The van der Waals surface area contributed by atoms with Gasteiger partial charge in [-0.2, -0.15) is 0 Å². The number of para-hydroxylation sites is 1. The normalized spacial score (nSPS) is 10.7. The van der Waals surface area contributed by atoms with Gasteiger partial charge in [0.15, 0.2) is 0 Å². The minimum Gasteiger partial charge on any atom is -0.508 e. The third-order valence-electron chi connectivity index (χ3n) is 4.50. The molecule has 4 heteroatoms. The molecular weight excluding hydrogens is 328 g/mol. The SMILES string of the molecule is COc1cc(O)c(Cc2ccc(O)cc2)c(CCc2ccccc2O)c1. The number of phenols is 3. The van der Waals surface area contributed by atoms with Crippen molar-refractivity contribution in [3.8, 4) is 23.0 Å². The molecule has 3 aromatic rings. The molecule has 0 aliphatic carbocycles. The second-order valence-electron chi connectivity index (χ2n) is 6.26. The van der Waals surface area contributed by atoms with Gasteiger partial charge in [0.1, 0.15) is 23.0 Å². The highest BCUT2D eigenvalue weighted by atomic mass is 16.5. The van der Waals surface area contributed by atoms with E-state index in [4.69, 9.17) is 4.74 Å². The number of methoxy groups -OCH3 is 1. The molecule has 0 atom stereocenters. The maximum atomic E-state index is 10.5. The van der Waals surface area contributed by atoms with Crippen molar-refractivity contribution in [3.63, 3.8) is 0 Å². The number of benzene rings is 3. The van der Waals surface area contributed by atoms with Crippen LogP contribution in [0.2, 0.25) is 0 Å². The average Bonchev–Trinajstić information content (AvgIpc) is 2.64. The number of aryl methyl sites for hydroxylation is 2. The first kappa shape index (κ1) is 17.7. The number of aromatic hydroxyl groups is 3. The molecule has 3 aromatic carbocycles. The summed E-state index contributed by atoms with van der Waals surface area (Å²) in [5.74, 6) is 1.28. The molecule has 4 nitrogen and oxygen atoms in total. The van der Waals surface area contributed by atoms with E-state index in [0.717, 1.165) is 22.3 Å². The van der Waals surface area contributed by atoms with Crippen LogP contribution < -0.4 is 4.74 Å². The molecule has 0 heterocycles. The Labute approximate surface area is 153 Å². The summed E-state index contributed by atoms with van der Waals surface area (Å²) >= 11 is 0. The molecule has 0 fully saturated rings. The Morgan fingerprint density at radius 1 is 0.769 bits per heavy atom. The lowest BCUT2D eigenvalue weighted by atomic mass is 9.94. The molecule has 134 valence electrons. The van der Waals surface area contributed by atoms with Gasteiger partial charge in [-0.25, -0.2) is 0 Å². The second kappa shape index (κ2) is 7.83. The Morgan fingerprint density at radius 2 is 1.46 bits per heavy atom. The number of hydrogen-bond donors (Lipinski definition) is 3. The summed E-state index contributed by atoms with van der Waals surface area (Å²) in [6.45, 7) is 0. The third kappa shape index (κ3) is 4.09. The predicted molar refractivity (Wildman–Crippen MR) is 101 cm³/mol. The minimum atomic E-state index is 0.185. The molecule has 0 saturated carbocycles. The predicted octanol–water partition coefficient (Wildman–Crippen LogP) is 4.19. The van der Waals surface area contributed by atoms with Crippen molar-refractivity contribution in [3.05, 3.63) is 82.9 Å². The van der Waals surface area contributed by atoms with E-state index in [1.807, 2.05) is 30.3 Å². The molecule has 0 spiro atoms. The highest BCUT2D eigenvalue weighted by Gasteiger charge is 2.13. The van der Waals surface area contributed by atoms with Crippen LogP contribution >= 0.6 is 0 Å². The van der Waals surface area contributed by atoms with Gasteiger partial charge in [0.05, 0.1) is 7.11 Å². The Balaban J connectivity index is 1.90. The van der Waals surface area contributed by atoms with E-state index in [9.17, 15) is 15.3 Å². The van der Waals surface area contributed by atoms with Gasteiger partial charge in [-0.15, -0.1) is 0 Å². The first-order valence-electron chi connectivity index (χ1n) is 8.50. The van der Waals surface area contributed by atoms with E-state index < -0.39 is 0 Å².